The minimum absolute atomic E-state index is 0.317. The van der Waals surface area contributed by atoms with Gasteiger partial charge in [-0.05, 0) is 62.7 Å². The molecule has 0 aromatic heterocycles. The maximum Gasteiger partial charge on any atom is 0.0484 e. The third kappa shape index (κ3) is 4.50. The fourth-order valence-corrected chi connectivity index (χ4v) is 4.32. The number of likely N-dealkylation sites (tertiary alicyclic amines) is 1. The molecule has 1 aromatic rings. The second-order valence-corrected chi connectivity index (χ2v) is 7.72. The Morgan fingerprint density at radius 2 is 1.78 bits per heavy atom. The normalized spacial score (nSPS) is 22.1. The molecule has 0 aliphatic carbocycles. The Labute approximate surface area is 145 Å². The second-order valence-electron chi connectivity index (χ2n) is 6.84. The maximum atomic E-state index is 5.65. The van der Waals surface area contributed by atoms with Gasteiger partial charge in [0.1, 0.15) is 0 Å². The van der Waals surface area contributed by atoms with E-state index in [1.165, 1.54) is 55.7 Å². The van der Waals surface area contributed by atoms with Crippen molar-refractivity contribution in [2.24, 2.45) is 0 Å². The summed E-state index contributed by atoms with van der Waals surface area (Å²) in [6, 6.07) is 8.93. The lowest BCUT2D eigenvalue weighted by atomic mass is 9.86. The number of thioether (sulfide) groups is 1. The lowest BCUT2D eigenvalue weighted by molar-refractivity contribution is -0.0358. The molecule has 0 atom stereocenters. The highest BCUT2D eigenvalue weighted by Crippen LogP contribution is 2.30. The predicted molar refractivity (Wildman–Crippen MR) is 98.1 cm³/mol. The van der Waals surface area contributed by atoms with Crippen molar-refractivity contribution in [3.05, 3.63) is 29.8 Å². The molecular formula is C19H30N2OS. The van der Waals surface area contributed by atoms with Crippen LogP contribution < -0.4 is 5.32 Å². The van der Waals surface area contributed by atoms with Crippen LogP contribution in [0.4, 0.5) is 0 Å². The van der Waals surface area contributed by atoms with Crippen LogP contribution in [-0.2, 0) is 11.3 Å². The summed E-state index contributed by atoms with van der Waals surface area (Å²) in [6.45, 7) is 6.42. The number of ether oxygens (including phenoxy) is 1. The Bertz CT molecular complexity index is 465. The summed E-state index contributed by atoms with van der Waals surface area (Å²) in [7, 11) is 0. The Balaban J connectivity index is 1.57. The molecule has 0 amide bonds. The molecule has 2 fully saturated rings. The van der Waals surface area contributed by atoms with E-state index in [4.69, 9.17) is 4.74 Å². The molecule has 0 bridgehead atoms. The van der Waals surface area contributed by atoms with Gasteiger partial charge in [-0.25, -0.2) is 0 Å². The molecule has 23 heavy (non-hydrogen) atoms. The van der Waals surface area contributed by atoms with E-state index in [9.17, 15) is 0 Å². The van der Waals surface area contributed by atoms with Crippen LogP contribution in [0.2, 0.25) is 0 Å². The van der Waals surface area contributed by atoms with Gasteiger partial charge in [-0.1, -0.05) is 18.6 Å². The average Bonchev–Trinajstić information content (AvgIpc) is 2.64. The van der Waals surface area contributed by atoms with Gasteiger partial charge in [-0.15, -0.1) is 11.8 Å². The lowest BCUT2D eigenvalue weighted by Crippen LogP contribution is -2.59. The van der Waals surface area contributed by atoms with Crippen LogP contribution in [0.1, 0.15) is 37.7 Å². The first kappa shape index (κ1) is 17.3. The molecule has 0 spiro atoms. The molecule has 3 rings (SSSR count). The smallest absolute Gasteiger partial charge is 0.0484 e. The van der Waals surface area contributed by atoms with Crippen molar-refractivity contribution in [2.75, 3.05) is 39.1 Å². The zero-order valence-electron chi connectivity index (χ0n) is 14.4. The first-order valence-corrected chi connectivity index (χ1v) is 10.2. The van der Waals surface area contributed by atoms with Gasteiger partial charge in [0.05, 0.1) is 0 Å². The third-order valence-electron chi connectivity index (χ3n) is 5.39. The van der Waals surface area contributed by atoms with Crippen molar-refractivity contribution in [1.82, 2.24) is 10.2 Å². The van der Waals surface area contributed by atoms with Crippen LogP contribution in [-0.4, -0.2) is 49.5 Å². The topological polar surface area (TPSA) is 24.5 Å². The molecule has 0 unspecified atom stereocenters. The summed E-state index contributed by atoms with van der Waals surface area (Å²) >= 11 is 1.80. The number of piperidine rings is 1. The van der Waals surface area contributed by atoms with Gasteiger partial charge < -0.3 is 10.1 Å². The summed E-state index contributed by atoms with van der Waals surface area (Å²) in [4.78, 5) is 4.09. The summed E-state index contributed by atoms with van der Waals surface area (Å²) in [5.74, 6) is 0. The zero-order valence-corrected chi connectivity index (χ0v) is 15.2. The highest BCUT2D eigenvalue weighted by atomic mass is 32.2. The van der Waals surface area contributed by atoms with Gasteiger partial charge in [0.25, 0.3) is 0 Å². The van der Waals surface area contributed by atoms with E-state index in [2.05, 4.69) is 40.7 Å². The van der Waals surface area contributed by atoms with Crippen LogP contribution in [0, 0.1) is 0 Å². The van der Waals surface area contributed by atoms with Crippen molar-refractivity contribution in [3.63, 3.8) is 0 Å². The van der Waals surface area contributed by atoms with Crippen molar-refractivity contribution in [3.8, 4) is 0 Å². The first-order valence-electron chi connectivity index (χ1n) is 8.99. The van der Waals surface area contributed by atoms with Gasteiger partial charge >= 0.3 is 0 Å². The standard InChI is InChI=1S/C19H30N2OS/c1-23-18-7-5-17(6-8-18)15-20-16-19(9-13-22-14-10-19)21-11-3-2-4-12-21/h5-8,20H,2-4,9-16H2,1H3. The molecule has 2 heterocycles. The van der Waals surface area contributed by atoms with Gasteiger partial charge in [-0.2, -0.15) is 0 Å². The predicted octanol–water partition coefficient (Wildman–Crippen LogP) is 3.53. The van der Waals surface area contributed by atoms with Crippen LogP contribution >= 0.6 is 11.8 Å². The van der Waals surface area contributed by atoms with Crippen LogP contribution in [0.25, 0.3) is 0 Å². The van der Waals surface area contributed by atoms with Gasteiger partial charge in [0, 0.05) is 36.7 Å². The molecule has 2 saturated heterocycles. The van der Waals surface area contributed by atoms with Crippen molar-refractivity contribution < 1.29 is 4.74 Å². The summed E-state index contributed by atoms with van der Waals surface area (Å²) in [5, 5.41) is 3.74. The summed E-state index contributed by atoms with van der Waals surface area (Å²) < 4.78 is 5.65. The molecule has 2 aliphatic heterocycles. The number of benzene rings is 1. The SMILES string of the molecule is CSc1ccc(CNCC2(N3CCCCC3)CCOCC2)cc1. The van der Waals surface area contributed by atoms with E-state index < -0.39 is 0 Å². The number of rotatable bonds is 6. The van der Waals surface area contributed by atoms with Crippen LogP contribution in [0.5, 0.6) is 0 Å². The second kappa shape index (κ2) is 8.52. The summed E-state index contributed by atoms with van der Waals surface area (Å²) in [6.07, 6.45) is 8.59. The third-order valence-corrected chi connectivity index (χ3v) is 6.14. The first-order chi connectivity index (χ1) is 11.3. The molecule has 0 saturated carbocycles. The molecule has 0 radical (unpaired) electrons. The number of hydrogen-bond acceptors (Lipinski definition) is 4. The quantitative estimate of drug-likeness (QED) is 0.804. The largest absolute Gasteiger partial charge is 0.381 e. The fraction of sp³-hybridized carbons (Fsp3) is 0.684. The van der Waals surface area contributed by atoms with Crippen LogP contribution in [0.3, 0.4) is 0 Å². The lowest BCUT2D eigenvalue weighted by Gasteiger charge is -2.48. The van der Waals surface area contributed by atoms with Gasteiger partial charge in [0.15, 0.2) is 0 Å². The van der Waals surface area contributed by atoms with E-state index in [1.54, 1.807) is 11.8 Å². The van der Waals surface area contributed by atoms with Crippen molar-refractivity contribution in [1.29, 1.82) is 0 Å². The van der Waals surface area contributed by atoms with Crippen LogP contribution in [0.15, 0.2) is 29.2 Å². The van der Waals surface area contributed by atoms with E-state index >= 15 is 0 Å². The molecule has 2 aliphatic rings. The van der Waals surface area contributed by atoms with Gasteiger partial charge in [0.2, 0.25) is 0 Å². The van der Waals surface area contributed by atoms with E-state index in [-0.39, 0.29) is 0 Å². The van der Waals surface area contributed by atoms with Crippen molar-refractivity contribution in [2.45, 2.75) is 49.1 Å². The number of hydrogen-bond donors (Lipinski definition) is 1. The minimum Gasteiger partial charge on any atom is -0.381 e. The molecule has 128 valence electrons. The summed E-state index contributed by atoms with van der Waals surface area (Å²) in [5.41, 5.74) is 1.70. The molecular weight excluding hydrogens is 304 g/mol. The van der Waals surface area contributed by atoms with Crippen molar-refractivity contribution >= 4 is 11.8 Å². The Morgan fingerprint density at radius 3 is 2.43 bits per heavy atom. The number of nitrogens with zero attached hydrogens (tertiary/aromatic N) is 1. The van der Waals surface area contributed by atoms with E-state index in [0.29, 0.717) is 5.54 Å². The minimum atomic E-state index is 0.317. The monoisotopic (exact) mass is 334 g/mol. The highest BCUT2D eigenvalue weighted by molar-refractivity contribution is 7.98. The maximum absolute atomic E-state index is 5.65. The van der Waals surface area contributed by atoms with E-state index in [0.717, 1.165) is 26.3 Å². The van der Waals surface area contributed by atoms with E-state index in [1.807, 2.05) is 0 Å². The van der Waals surface area contributed by atoms with Gasteiger partial charge in [-0.3, -0.25) is 4.90 Å². The molecule has 1 N–H and O–H groups in total. The Hall–Kier alpha value is -0.550. The highest BCUT2D eigenvalue weighted by Gasteiger charge is 2.38. The average molecular weight is 335 g/mol. The molecule has 4 heteroatoms. The Morgan fingerprint density at radius 1 is 1.09 bits per heavy atom. The molecule has 1 aromatic carbocycles. The zero-order chi connectivity index (χ0) is 16.0. The Kier molecular flexibility index (Phi) is 6.40. The number of nitrogens with one attached hydrogen (secondary N) is 1. The molecule has 3 nitrogen and oxygen atoms in total. The fourth-order valence-electron chi connectivity index (χ4n) is 3.91.